The first-order valence-corrected chi connectivity index (χ1v) is 10.7. The Labute approximate surface area is 186 Å². The zero-order chi connectivity index (χ0) is 22.1. The molecule has 5 rings (SSSR count). The van der Waals surface area contributed by atoms with Gasteiger partial charge < -0.3 is 18.7 Å². The Morgan fingerprint density at radius 2 is 1.94 bits per heavy atom. The summed E-state index contributed by atoms with van der Waals surface area (Å²) < 4.78 is 24.3. The second kappa shape index (κ2) is 8.28. The molecule has 1 aromatic carbocycles. The van der Waals surface area contributed by atoms with Crippen LogP contribution in [-0.2, 0) is 0 Å². The molecule has 0 aliphatic carbocycles. The number of anilines is 1. The maximum Gasteiger partial charge on any atom is 0.276 e. The standard InChI is InChI=1S/C22H16FN5O3S/c23-15-5-3-14(4-6-15)18-12-16(26-31-18)21(29)27-7-9-28(10-8-27)22-17(13-24)25-20(30-22)19-2-1-11-32-19/h1-6,11-12H,7-10H2. The SMILES string of the molecule is N#Cc1nc(-c2cccs2)oc1N1CCN(C(=O)c2cc(-c3ccc(F)cc3)on2)CC1. The van der Waals surface area contributed by atoms with Crippen LogP contribution in [0.2, 0.25) is 0 Å². The number of hydrogen-bond acceptors (Lipinski definition) is 8. The maximum absolute atomic E-state index is 13.1. The predicted molar refractivity (Wildman–Crippen MR) is 115 cm³/mol. The molecule has 1 aliphatic heterocycles. The number of nitriles is 1. The number of carbonyl (C=O) groups excluding carboxylic acids is 1. The van der Waals surface area contributed by atoms with Crippen LogP contribution >= 0.6 is 11.3 Å². The third-order valence-corrected chi connectivity index (χ3v) is 6.02. The van der Waals surface area contributed by atoms with Crippen LogP contribution in [0.15, 0.2) is 56.8 Å². The van der Waals surface area contributed by atoms with Crippen LogP contribution in [0.3, 0.4) is 0 Å². The number of carbonyl (C=O) groups is 1. The Hall–Kier alpha value is -3.97. The summed E-state index contributed by atoms with van der Waals surface area (Å²) in [6.45, 7) is 1.83. The van der Waals surface area contributed by atoms with Crippen molar-refractivity contribution in [1.82, 2.24) is 15.0 Å². The largest absolute Gasteiger partial charge is 0.418 e. The molecule has 1 amide bonds. The molecule has 1 saturated heterocycles. The van der Waals surface area contributed by atoms with Crippen molar-refractivity contribution < 1.29 is 18.1 Å². The molecular formula is C22H16FN5O3S. The van der Waals surface area contributed by atoms with Gasteiger partial charge in [0.1, 0.15) is 11.9 Å². The van der Waals surface area contributed by atoms with E-state index in [-0.39, 0.29) is 23.1 Å². The highest BCUT2D eigenvalue weighted by molar-refractivity contribution is 7.13. The minimum absolute atomic E-state index is 0.190. The van der Waals surface area contributed by atoms with Crippen LogP contribution in [0, 0.1) is 17.1 Å². The molecular weight excluding hydrogens is 433 g/mol. The van der Waals surface area contributed by atoms with Crippen LogP contribution in [0.1, 0.15) is 16.2 Å². The lowest BCUT2D eigenvalue weighted by atomic mass is 10.1. The first-order valence-electron chi connectivity index (χ1n) is 9.84. The molecule has 1 aliphatic rings. The van der Waals surface area contributed by atoms with E-state index in [4.69, 9.17) is 8.94 Å². The number of thiophene rings is 1. The molecule has 0 N–H and O–H groups in total. The Bertz CT molecular complexity index is 1280. The summed E-state index contributed by atoms with van der Waals surface area (Å²) in [4.78, 5) is 21.6. The summed E-state index contributed by atoms with van der Waals surface area (Å²) in [5, 5.41) is 15.3. The summed E-state index contributed by atoms with van der Waals surface area (Å²) in [5.41, 5.74) is 1.06. The fraction of sp³-hybridized carbons (Fsp3) is 0.182. The molecule has 10 heteroatoms. The van der Waals surface area contributed by atoms with Gasteiger partial charge >= 0.3 is 0 Å². The molecule has 0 bridgehead atoms. The zero-order valence-electron chi connectivity index (χ0n) is 16.7. The van der Waals surface area contributed by atoms with Crippen molar-refractivity contribution in [2.45, 2.75) is 0 Å². The number of piperazine rings is 1. The average Bonchev–Trinajstić information content (AvgIpc) is 3.59. The number of nitrogens with zero attached hydrogens (tertiary/aromatic N) is 5. The Kier molecular flexibility index (Phi) is 5.17. The van der Waals surface area contributed by atoms with Gasteiger partial charge in [0.15, 0.2) is 11.5 Å². The van der Waals surface area contributed by atoms with Gasteiger partial charge in [0.05, 0.1) is 4.88 Å². The van der Waals surface area contributed by atoms with E-state index in [1.165, 1.54) is 23.5 Å². The Morgan fingerprint density at radius 1 is 1.16 bits per heavy atom. The van der Waals surface area contributed by atoms with Gasteiger partial charge in [0.2, 0.25) is 17.5 Å². The highest BCUT2D eigenvalue weighted by atomic mass is 32.1. The number of benzene rings is 1. The number of halogens is 1. The van der Waals surface area contributed by atoms with E-state index in [1.54, 1.807) is 23.1 Å². The molecule has 0 spiro atoms. The second-order valence-electron chi connectivity index (χ2n) is 7.12. The molecule has 0 unspecified atom stereocenters. The lowest BCUT2D eigenvalue weighted by Gasteiger charge is -2.34. The number of amides is 1. The quantitative estimate of drug-likeness (QED) is 0.464. The molecule has 3 aromatic heterocycles. The topological polar surface area (TPSA) is 99.4 Å². The normalized spacial score (nSPS) is 13.9. The van der Waals surface area contributed by atoms with Crippen LogP contribution in [0.5, 0.6) is 0 Å². The van der Waals surface area contributed by atoms with E-state index < -0.39 is 0 Å². The van der Waals surface area contributed by atoms with Gasteiger partial charge in [-0.05, 0) is 35.7 Å². The summed E-state index contributed by atoms with van der Waals surface area (Å²) in [5.74, 6) is 0.632. The third kappa shape index (κ3) is 3.74. The fourth-order valence-electron chi connectivity index (χ4n) is 3.51. The molecule has 160 valence electrons. The van der Waals surface area contributed by atoms with Crippen molar-refractivity contribution in [2.24, 2.45) is 0 Å². The zero-order valence-corrected chi connectivity index (χ0v) is 17.5. The predicted octanol–water partition coefficient (Wildman–Crippen LogP) is 4.03. The molecule has 1 fully saturated rings. The van der Waals surface area contributed by atoms with E-state index in [0.29, 0.717) is 49.3 Å². The Balaban J connectivity index is 1.27. The van der Waals surface area contributed by atoms with Crippen molar-refractivity contribution in [3.63, 3.8) is 0 Å². The number of aromatic nitrogens is 2. The molecule has 0 radical (unpaired) electrons. The smallest absolute Gasteiger partial charge is 0.276 e. The van der Waals surface area contributed by atoms with Crippen molar-refractivity contribution in [2.75, 3.05) is 31.1 Å². The van der Waals surface area contributed by atoms with E-state index in [0.717, 1.165) is 4.88 Å². The van der Waals surface area contributed by atoms with E-state index in [9.17, 15) is 14.4 Å². The average molecular weight is 449 g/mol. The number of oxazole rings is 1. The lowest BCUT2D eigenvalue weighted by Crippen LogP contribution is -2.49. The minimum Gasteiger partial charge on any atom is -0.418 e. The number of rotatable bonds is 4. The summed E-state index contributed by atoms with van der Waals surface area (Å²) in [6.07, 6.45) is 0. The maximum atomic E-state index is 13.1. The molecule has 32 heavy (non-hydrogen) atoms. The molecule has 0 saturated carbocycles. The van der Waals surface area contributed by atoms with Gasteiger partial charge in [-0.15, -0.1) is 11.3 Å². The minimum atomic E-state index is -0.351. The monoisotopic (exact) mass is 449 g/mol. The van der Waals surface area contributed by atoms with Crippen molar-refractivity contribution in [3.8, 4) is 28.2 Å². The van der Waals surface area contributed by atoms with E-state index >= 15 is 0 Å². The second-order valence-corrected chi connectivity index (χ2v) is 8.07. The molecule has 4 heterocycles. The van der Waals surface area contributed by atoms with Crippen molar-refractivity contribution >= 4 is 23.1 Å². The van der Waals surface area contributed by atoms with Gasteiger partial charge in [-0.1, -0.05) is 11.2 Å². The van der Waals surface area contributed by atoms with Gasteiger partial charge in [0.25, 0.3) is 5.91 Å². The fourth-order valence-corrected chi connectivity index (χ4v) is 4.15. The first-order chi connectivity index (χ1) is 15.6. The van der Waals surface area contributed by atoms with Crippen molar-refractivity contribution in [1.29, 1.82) is 5.26 Å². The van der Waals surface area contributed by atoms with Gasteiger partial charge in [-0.2, -0.15) is 10.2 Å². The van der Waals surface area contributed by atoms with Crippen LogP contribution in [-0.4, -0.2) is 47.1 Å². The van der Waals surface area contributed by atoms with Gasteiger partial charge in [-0.3, -0.25) is 4.79 Å². The van der Waals surface area contributed by atoms with Gasteiger partial charge in [-0.25, -0.2) is 4.39 Å². The highest BCUT2D eigenvalue weighted by Crippen LogP contribution is 2.31. The Morgan fingerprint density at radius 3 is 2.62 bits per heavy atom. The van der Waals surface area contributed by atoms with Gasteiger partial charge in [0, 0.05) is 37.8 Å². The molecule has 8 nitrogen and oxygen atoms in total. The molecule has 0 atom stereocenters. The highest BCUT2D eigenvalue weighted by Gasteiger charge is 2.28. The van der Waals surface area contributed by atoms with E-state index in [2.05, 4.69) is 16.2 Å². The van der Waals surface area contributed by atoms with Crippen LogP contribution in [0.4, 0.5) is 10.3 Å². The first kappa shape index (κ1) is 20.0. The third-order valence-electron chi connectivity index (χ3n) is 5.16. The summed E-state index contributed by atoms with van der Waals surface area (Å²) in [7, 11) is 0. The number of hydrogen-bond donors (Lipinski definition) is 0. The van der Waals surface area contributed by atoms with Crippen LogP contribution < -0.4 is 4.90 Å². The van der Waals surface area contributed by atoms with Crippen molar-refractivity contribution in [3.05, 3.63) is 65.0 Å². The van der Waals surface area contributed by atoms with E-state index in [1.807, 2.05) is 22.4 Å². The van der Waals surface area contributed by atoms with Crippen LogP contribution in [0.25, 0.3) is 22.1 Å². The summed E-state index contributed by atoms with van der Waals surface area (Å²) >= 11 is 1.49. The molecule has 4 aromatic rings. The lowest BCUT2D eigenvalue weighted by molar-refractivity contribution is 0.0735. The summed E-state index contributed by atoms with van der Waals surface area (Å²) in [6, 6.07) is 13.2.